The molecule has 2 N–H and O–H groups in total. The Morgan fingerprint density at radius 1 is 1.09 bits per heavy atom. The summed E-state index contributed by atoms with van der Waals surface area (Å²) in [6.45, 7) is 3.03. The number of hydrogen-bond donors (Lipinski definition) is 2. The van der Waals surface area contributed by atoms with Crippen molar-refractivity contribution in [3.63, 3.8) is 0 Å². The zero-order chi connectivity index (χ0) is 25.2. The number of nitriles is 1. The van der Waals surface area contributed by atoms with E-state index in [1.54, 1.807) is 24.3 Å². The summed E-state index contributed by atoms with van der Waals surface area (Å²) < 4.78 is 10.4. The van der Waals surface area contributed by atoms with Crippen LogP contribution in [0.4, 0.5) is 4.79 Å². The molecule has 0 saturated heterocycles. The summed E-state index contributed by atoms with van der Waals surface area (Å²) in [6.07, 6.45) is 1.06. The molecule has 0 aliphatic carbocycles. The average Bonchev–Trinajstić information content (AvgIpc) is 2.85. The third kappa shape index (κ3) is 7.23. The number of amides is 1. The van der Waals surface area contributed by atoms with Gasteiger partial charge < -0.3 is 19.9 Å². The highest BCUT2D eigenvalue weighted by Gasteiger charge is 2.14. The van der Waals surface area contributed by atoms with Crippen LogP contribution in [0, 0.1) is 11.3 Å². The van der Waals surface area contributed by atoms with Gasteiger partial charge in [-0.15, -0.1) is 0 Å². The van der Waals surface area contributed by atoms with Crippen molar-refractivity contribution < 1.29 is 24.2 Å². The van der Waals surface area contributed by atoms with Crippen LogP contribution in [0.15, 0.2) is 60.7 Å². The maximum atomic E-state index is 12.7. The number of rotatable bonds is 10. The molecule has 7 nitrogen and oxygen atoms in total. The summed E-state index contributed by atoms with van der Waals surface area (Å²) in [6, 6.07) is 19.2. The van der Waals surface area contributed by atoms with Crippen LogP contribution < -0.4 is 14.8 Å². The Morgan fingerprint density at radius 2 is 1.86 bits per heavy atom. The van der Waals surface area contributed by atoms with Gasteiger partial charge in [0.05, 0.1) is 23.8 Å². The van der Waals surface area contributed by atoms with Crippen molar-refractivity contribution in [2.24, 2.45) is 0 Å². The molecule has 35 heavy (non-hydrogen) atoms. The Bertz CT molecular complexity index is 1240. The van der Waals surface area contributed by atoms with Gasteiger partial charge in [-0.2, -0.15) is 5.26 Å². The highest BCUT2D eigenvalue weighted by molar-refractivity contribution is 6.31. The second kappa shape index (κ2) is 12.4. The van der Waals surface area contributed by atoms with Crippen molar-refractivity contribution in [2.45, 2.75) is 26.2 Å². The normalized spacial score (nSPS) is 10.3. The molecular weight excluding hydrogens is 468 g/mol. The van der Waals surface area contributed by atoms with Gasteiger partial charge in [-0.25, -0.2) is 4.79 Å². The first-order valence-electron chi connectivity index (χ1n) is 11.2. The summed E-state index contributed by atoms with van der Waals surface area (Å²) >= 11 is 6.08. The quantitative estimate of drug-likeness (QED) is 0.201. The molecule has 3 aromatic carbocycles. The van der Waals surface area contributed by atoms with Crippen molar-refractivity contribution in [2.75, 3.05) is 13.2 Å². The molecule has 0 aromatic heterocycles. The minimum Gasteiger partial charge on any atom is -0.493 e. The van der Waals surface area contributed by atoms with Gasteiger partial charge in [-0.1, -0.05) is 49.2 Å². The summed E-state index contributed by atoms with van der Waals surface area (Å²) in [7, 11) is 0. The smallest absolute Gasteiger partial charge is 0.493 e. The van der Waals surface area contributed by atoms with Gasteiger partial charge in [0.1, 0.15) is 11.5 Å². The van der Waals surface area contributed by atoms with Crippen molar-refractivity contribution >= 4 is 23.7 Å². The molecule has 0 heterocycles. The van der Waals surface area contributed by atoms with Crippen molar-refractivity contribution in [1.82, 2.24) is 5.32 Å². The topological polar surface area (TPSA) is 109 Å². The van der Waals surface area contributed by atoms with E-state index >= 15 is 0 Å². The van der Waals surface area contributed by atoms with Crippen LogP contribution in [0.25, 0.3) is 11.1 Å². The molecule has 0 bridgehead atoms. The van der Waals surface area contributed by atoms with E-state index < -0.39 is 6.16 Å². The van der Waals surface area contributed by atoms with Crippen molar-refractivity contribution in [1.29, 1.82) is 5.26 Å². The van der Waals surface area contributed by atoms with E-state index in [-0.39, 0.29) is 11.7 Å². The number of nitrogens with one attached hydrogen (secondary N) is 1. The zero-order valence-corrected chi connectivity index (χ0v) is 20.0. The number of carboxylic acid groups (broad SMARTS) is 1. The van der Waals surface area contributed by atoms with E-state index in [0.29, 0.717) is 47.0 Å². The molecule has 0 aliphatic heterocycles. The first-order chi connectivity index (χ1) is 16.9. The molecule has 180 valence electrons. The van der Waals surface area contributed by atoms with E-state index in [2.05, 4.69) is 23.0 Å². The molecule has 8 heteroatoms. The van der Waals surface area contributed by atoms with Crippen LogP contribution >= 0.6 is 11.6 Å². The van der Waals surface area contributed by atoms with Gasteiger partial charge in [0, 0.05) is 11.6 Å². The standard InChI is InChI=1S/C27H25ClN2O5/c1-2-3-14-34-25-11-8-21(28)16-24(25)26(31)30-13-12-18-4-6-19(7-5-18)23-10-9-22(35-27(32)33)15-20(23)17-29/h4-11,15-16H,2-3,12-14H2,1H3,(H,30,31)(H,32,33). The first kappa shape index (κ1) is 25.6. The zero-order valence-electron chi connectivity index (χ0n) is 19.2. The Balaban J connectivity index is 1.62. The van der Waals surface area contributed by atoms with Crippen LogP contribution in [-0.2, 0) is 6.42 Å². The molecule has 0 aliphatic rings. The maximum Gasteiger partial charge on any atom is 0.511 e. The van der Waals surface area contributed by atoms with Gasteiger partial charge in [0.25, 0.3) is 5.91 Å². The lowest BCUT2D eigenvalue weighted by molar-refractivity contribution is 0.0949. The van der Waals surface area contributed by atoms with Crippen LogP contribution in [-0.4, -0.2) is 30.3 Å². The number of nitrogens with zero attached hydrogens (tertiary/aromatic N) is 1. The Kier molecular flexibility index (Phi) is 9.10. The number of hydrogen-bond acceptors (Lipinski definition) is 5. The first-order valence-corrected chi connectivity index (χ1v) is 11.5. The molecule has 0 saturated carbocycles. The van der Waals surface area contributed by atoms with E-state index in [1.165, 1.54) is 12.1 Å². The fourth-order valence-corrected chi connectivity index (χ4v) is 3.60. The van der Waals surface area contributed by atoms with Crippen LogP contribution in [0.1, 0.15) is 41.3 Å². The SMILES string of the molecule is CCCCOc1ccc(Cl)cc1C(=O)NCCc1ccc(-c2ccc(OC(=O)O)cc2C#N)cc1. The molecule has 3 rings (SSSR count). The Morgan fingerprint density at radius 3 is 2.54 bits per heavy atom. The minimum absolute atomic E-state index is 0.0868. The molecule has 0 unspecified atom stereocenters. The molecule has 3 aromatic rings. The summed E-state index contributed by atoms with van der Waals surface area (Å²) in [5, 5.41) is 21.6. The number of halogens is 1. The number of carbonyl (C=O) groups excluding carboxylic acids is 1. The second-order valence-electron chi connectivity index (χ2n) is 7.73. The van der Waals surface area contributed by atoms with Crippen LogP contribution in [0.3, 0.4) is 0 Å². The molecular formula is C27H25ClN2O5. The van der Waals surface area contributed by atoms with E-state index in [1.807, 2.05) is 24.3 Å². The molecule has 0 radical (unpaired) electrons. The number of ether oxygens (including phenoxy) is 2. The average molecular weight is 493 g/mol. The predicted molar refractivity (Wildman–Crippen MR) is 133 cm³/mol. The largest absolute Gasteiger partial charge is 0.511 e. The van der Waals surface area contributed by atoms with Crippen molar-refractivity contribution in [3.05, 3.63) is 82.4 Å². The highest BCUT2D eigenvalue weighted by Crippen LogP contribution is 2.28. The van der Waals surface area contributed by atoms with Crippen LogP contribution in [0.2, 0.25) is 5.02 Å². The van der Waals surface area contributed by atoms with Gasteiger partial charge >= 0.3 is 6.16 Å². The lowest BCUT2D eigenvalue weighted by atomic mass is 9.98. The maximum absolute atomic E-state index is 12.7. The van der Waals surface area contributed by atoms with Gasteiger partial charge in [-0.3, -0.25) is 4.79 Å². The van der Waals surface area contributed by atoms with E-state index in [9.17, 15) is 14.9 Å². The summed E-state index contributed by atoms with van der Waals surface area (Å²) in [5.41, 5.74) is 3.19. The molecule has 0 spiro atoms. The highest BCUT2D eigenvalue weighted by atomic mass is 35.5. The third-order valence-corrected chi connectivity index (χ3v) is 5.46. The second-order valence-corrected chi connectivity index (χ2v) is 8.17. The van der Waals surface area contributed by atoms with Crippen LogP contribution in [0.5, 0.6) is 11.5 Å². The summed E-state index contributed by atoms with van der Waals surface area (Å²) in [5.74, 6) is 0.347. The fraction of sp³-hybridized carbons (Fsp3) is 0.222. The third-order valence-electron chi connectivity index (χ3n) is 5.22. The number of unbranched alkanes of at least 4 members (excludes halogenated alkanes) is 1. The predicted octanol–water partition coefficient (Wildman–Crippen LogP) is 6.09. The minimum atomic E-state index is -1.44. The monoisotopic (exact) mass is 492 g/mol. The van der Waals surface area contributed by atoms with E-state index in [0.717, 1.165) is 24.0 Å². The fourth-order valence-electron chi connectivity index (χ4n) is 3.43. The summed E-state index contributed by atoms with van der Waals surface area (Å²) in [4.78, 5) is 23.4. The van der Waals surface area contributed by atoms with Gasteiger partial charge in [0.2, 0.25) is 0 Å². The molecule has 0 atom stereocenters. The Labute approximate surface area is 208 Å². The van der Waals surface area contributed by atoms with Gasteiger partial charge in [-0.05, 0) is 65.9 Å². The molecule has 1 amide bonds. The van der Waals surface area contributed by atoms with Crippen molar-refractivity contribution in [3.8, 4) is 28.7 Å². The Hall–Kier alpha value is -4.02. The van der Waals surface area contributed by atoms with E-state index in [4.69, 9.17) is 21.4 Å². The number of carbonyl (C=O) groups is 2. The van der Waals surface area contributed by atoms with Gasteiger partial charge in [0.15, 0.2) is 0 Å². The lowest BCUT2D eigenvalue weighted by Crippen LogP contribution is -2.26. The lowest BCUT2D eigenvalue weighted by Gasteiger charge is -2.12. The number of benzene rings is 3. The molecule has 0 fully saturated rings.